The Labute approximate surface area is 106 Å². The Balaban J connectivity index is 1.72. The highest BCUT2D eigenvalue weighted by Crippen LogP contribution is 2.18. The summed E-state index contributed by atoms with van der Waals surface area (Å²) in [4.78, 5) is 3.19. The Hall–Kier alpha value is -2.23. The average molecular weight is 240 g/mol. The SMILES string of the molecule is CCn1cc(CNc2ccc3[nH]ccc3c2)cn1. The molecular weight excluding hydrogens is 224 g/mol. The molecule has 0 aliphatic heterocycles. The van der Waals surface area contributed by atoms with Crippen LogP contribution >= 0.6 is 0 Å². The lowest BCUT2D eigenvalue weighted by atomic mass is 10.2. The fourth-order valence-electron chi connectivity index (χ4n) is 2.04. The molecule has 92 valence electrons. The second-order valence-electron chi connectivity index (χ2n) is 4.34. The predicted octanol–water partition coefficient (Wildman–Crippen LogP) is 3.00. The molecule has 2 heterocycles. The van der Waals surface area contributed by atoms with Crippen molar-refractivity contribution in [2.24, 2.45) is 0 Å². The molecule has 4 nitrogen and oxygen atoms in total. The smallest absolute Gasteiger partial charge is 0.0539 e. The van der Waals surface area contributed by atoms with E-state index in [0.29, 0.717) is 0 Å². The highest BCUT2D eigenvalue weighted by molar-refractivity contribution is 5.82. The number of H-pyrrole nitrogens is 1. The molecule has 3 rings (SSSR count). The molecule has 0 radical (unpaired) electrons. The molecule has 0 aliphatic rings. The van der Waals surface area contributed by atoms with Gasteiger partial charge >= 0.3 is 0 Å². The first-order chi connectivity index (χ1) is 8.85. The number of benzene rings is 1. The van der Waals surface area contributed by atoms with Gasteiger partial charge in [-0.15, -0.1) is 0 Å². The molecule has 3 aromatic rings. The van der Waals surface area contributed by atoms with E-state index in [1.165, 1.54) is 16.5 Å². The zero-order valence-electron chi connectivity index (χ0n) is 10.4. The zero-order valence-corrected chi connectivity index (χ0v) is 10.4. The van der Waals surface area contributed by atoms with Gasteiger partial charge in [-0.05, 0) is 31.2 Å². The maximum atomic E-state index is 4.26. The topological polar surface area (TPSA) is 45.6 Å². The van der Waals surface area contributed by atoms with E-state index < -0.39 is 0 Å². The van der Waals surface area contributed by atoms with E-state index in [-0.39, 0.29) is 0 Å². The fourth-order valence-corrected chi connectivity index (χ4v) is 2.04. The first-order valence-electron chi connectivity index (χ1n) is 6.17. The Bertz CT molecular complexity index is 650. The standard InChI is InChI=1S/C14H16N4/c1-2-18-10-11(9-17-18)8-16-13-3-4-14-12(7-13)5-6-15-14/h3-7,9-10,15-16H,2,8H2,1H3. The molecule has 0 aliphatic carbocycles. The number of nitrogens with zero attached hydrogens (tertiary/aromatic N) is 2. The van der Waals surface area contributed by atoms with Gasteiger partial charge in [-0.1, -0.05) is 0 Å². The predicted molar refractivity (Wildman–Crippen MR) is 73.5 cm³/mol. The summed E-state index contributed by atoms with van der Waals surface area (Å²) in [5, 5.41) is 8.90. The molecule has 0 spiro atoms. The molecule has 0 saturated carbocycles. The second-order valence-corrected chi connectivity index (χ2v) is 4.34. The fraction of sp³-hybridized carbons (Fsp3) is 0.214. The minimum Gasteiger partial charge on any atom is -0.381 e. The van der Waals surface area contributed by atoms with E-state index in [4.69, 9.17) is 0 Å². The minimum absolute atomic E-state index is 0.802. The number of nitrogens with one attached hydrogen (secondary N) is 2. The van der Waals surface area contributed by atoms with Gasteiger partial charge in [0.2, 0.25) is 0 Å². The Morgan fingerprint density at radius 1 is 1.33 bits per heavy atom. The summed E-state index contributed by atoms with van der Waals surface area (Å²) in [7, 11) is 0. The first kappa shape index (κ1) is 10.9. The summed E-state index contributed by atoms with van der Waals surface area (Å²) in [5.74, 6) is 0. The summed E-state index contributed by atoms with van der Waals surface area (Å²) in [6.45, 7) is 3.80. The summed E-state index contributed by atoms with van der Waals surface area (Å²) in [5.41, 5.74) is 3.50. The Morgan fingerprint density at radius 3 is 3.11 bits per heavy atom. The zero-order chi connectivity index (χ0) is 12.4. The van der Waals surface area contributed by atoms with Gasteiger partial charge in [0.15, 0.2) is 0 Å². The van der Waals surface area contributed by atoms with E-state index in [2.05, 4.69) is 52.8 Å². The number of aromatic nitrogens is 3. The lowest BCUT2D eigenvalue weighted by Crippen LogP contribution is -1.98. The molecule has 1 aromatic carbocycles. The van der Waals surface area contributed by atoms with Crippen LogP contribution < -0.4 is 5.32 Å². The molecule has 2 N–H and O–H groups in total. The van der Waals surface area contributed by atoms with Crippen LogP contribution in [-0.2, 0) is 13.1 Å². The van der Waals surface area contributed by atoms with Gasteiger partial charge in [0.05, 0.1) is 6.20 Å². The second kappa shape index (κ2) is 4.56. The van der Waals surface area contributed by atoms with Crippen molar-refractivity contribution in [3.8, 4) is 0 Å². The van der Waals surface area contributed by atoms with Crippen LogP contribution in [0.1, 0.15) is 12.5 Å². The maximum absolute atomic E-state index is 4.26. The monoisotopic (exact) mass is 240 g/mol. The third-order valence-electron chi connectivity index (χ3n) is 3.06. The molecule has 0 fully saturated rings. The summed E-state index contributed by atoms with van der Waals surface area (Å²) in [6.07, 6.45) is 5.94. The number of aryl methyl sites for hydroxylation is 1. The number of hydrogen-bond acceptors (Lipinski definition) is 2. The van der Waals surface area contributed by atoms with E-state index in [0.717, 1.165) is 18.8 Å². The van der Waals surface area contributed by atoms with Gasteiger partial charge in [-0.2, -0.15) is 5.10 Å². The van der Waals surface area contributed by atoms with Gasteiger partial charge in [0.1, 0.15) is 0 Å². The van der Waals surface area contributed by atoms with Crippen LogP contribution in [0.4, 0.5) is 5.69 Å². The van der Waals surface area contributed by atoms with Crippen molar-refractivity contribution < 1.29 is 0 Å². The van der Waals surface area contributed by atoms with Crippen molar-refractivity contribution in [1.82, 2.24) is 14.8 Å². The third kappa shape index (κ3) is 2.09. The number of rotatable bonds is 4. The number of hydrogen-bond donors (Lipinski definition) is 2. The van der Waals surface area contributed by atoms with Crippen LogP contribution in [0.3, 0.4) is 0 Å². The lowest BCUT2D eigenvalue weighted by molar-refractivity contribution is 0.659. The van der Waals surface area contributed by atoms with E-state index in [9.17, 15) is 0 Å². The van der Waals surface area contributed by atoms with Crippen molar-refractivity contribution in [1.29, 1.82) is 0 Å². The van der Waals surface area contributed by atoms with Crippen LogP contribution in [-0.4, -0.2) is 14.8 Å². The van der Waals surface area contributed by atoms with Gasteiger partial charge in [-0.25, -0.2) is 0 Å². The largest absolute Gasteiger partial charge is 0.381 e. The third-order valence-corrected chi connectivity index (χ3v) is 3.06. The van der Waals surface area contributed by atoms with Crippen LogP contribution in [0.15, 0.2) is 42.9 Å². The van der Waals surface area contributed by atoms with Gasteiger partial charge in [-0.3, -0.25) is 4.68 Å². The molecule has 0 amide bonds. The van der Waals surface area contributed by atoms with Gasteiger partial charge in [0.25, 0.3) is 0 Å². The lowest BCUT2D eigenvalue weighted by Gasteiger charge is -2.04. The Morgan fingerprint density at radius 2 is 2.28 bits per heavy atom. The van der Waals surface area contributed by atoms with Crippen molar-refractivity contribution in [2.45, 2.75) is 20.0 Å². The van der Waals surface area contributed by atoms with Crippen molar-refractivity contribution in [2.75, 3.05) is 5.32 Å². The van der Waals surface area contributed by atoms with E-state index >= 15 is 0 Å². The first-order valence-corrected chi connectivity index (χ1v) is 6.17. The van der Waals surface area contributed by atoms with Crippen LogP contribution in [0.5, 0.6) is 0 Å². The van der Waals surface area contributed by atoms with Crippen molar-refractivity contribution in [3.63, 3.8) is 0 Å². The highest BCUT2D eigenvalue weighted by atomic mass is 15.3. The number of fused-ring (bicyclic) bond motifs is 1. The highest BCUT2D eigenvalue weighted by Gasteiger charge is 1.99. The van der Waals surface area contributed by atoms with Gasteiger partial charge in [0, 0.05) is 47.6 Å². The Kier molecular flexibility index (Phi) is 2.76. The van der Waals surface area contributed by atoms with E-state index in [1.54, 1.807) is 0 Å². The van der Waals surface area contributed by atoms with Crippen molar-refractivity contribution in [3.05, 3.63) is 48.4 Å². The molecule has 2 aromatic heterocycles. The van der Waals surface area contributed by atoms with Crippen LogP contribution in [0.25, 0.3) is 10.9 Å². The maximum Gasteiger partial charge on any atom is 0.0539 e. The number of aromatic amines is 1. The summed E-state index contributed by atoms with van der Waals surface area (Å²) in [6, 6.07) is 8.40. The normalized spacial score (nSPS) is 10.9. The van der Waals surface area contributed by atoms with Gasteiger partial charge < -0.3 is 10.3 Å². The molecule has 0 unspecified atom stereocenters. The van der Waals surface area contributed by atoms with E-state index in [1.807, 2.05) is 17.1 Å². The van der Waals surface area contributed by atoms with Crippen LogP contribution in [0, 0.1) is 0 Å². The summed E-state index contributed by atoms with van der Waals surface area (Å²) >= 11 is 0. The molecule has 18 heavy (non-hydrogen) atoms. The van der Waals surface area contributed by atoms with Crippen LogP contribution in [0.2, 0.25) is 0 Å². The molecular formula is C14H16N4. The molecule has 0 saturated heterocycles. The van der Waals surface area contributed by atoms with Crippen molar-refractivity contribution >= 4 is 16.6 Å². The average Bonchev–Trinajstić information content (AvgIpc) is 3.04. The minimum atomic E-state index is 0.802. The molecule has 0 atom stereocenters. The summed E-state index contributed by atoms with van der Waals surface area (Å²) < 4.78 is 1.94. The molecule has 0 bridgehead atoms. The molecule has 4 heteroatoms. The quantitative estimate of drug-likeness (QED) is 0.736. The number of anilines is 1.